The molecule has 0 radical (unpaired) electrons. The second kappa shape index (κ2) is 3.63. The normalized spacial score (nSPS) is 14.6. The molecule has 0 aliphatic heterocycles. The molecule has 0 aromatic rings. The number of terminal acetylenes is 1. The van der Waals surface area contributed by atoms with Crippen LogP contribution < -0.4 is 5.32 Å². The van der Waals surface area contributed by atoms with E-state index in [0.29, 0.717) is 0 Å². The largest absolute Gasteiger partial charge is 0.415 e. The highest BCUT2D eigenvalue weighted by Gasteiger charge is 2.38. The molecular formula is C7H10F3N. The maximum atomic E-state index is 11.9. The highest BCUT2D eigenvalue weighted by Crippen LogP contribution is 2.19. The van der Waals surface area contributed by atoms with Gasteiger partial charge in [0.1, 0.15) is 0 Å². The fourth-order valence-electron chi connectivity index (χ4n) is 0.570. The first-order valence-corrected chi connectivity index (χ1v) is 3.17. The lowest BCUT2D eigenvalue weighted by Gasteiger charge is -2.18. The van der Waals surface area contributed by atoms with Gasteiger partial charge in [-0.1, -0.05) is 5.92 Å². The second-order valence-corrected chi connectivity index (χ2v) is 2.46. The van der Waals surface area contributed by atoms with Crippen LogP contribution in [-0.4, -0.2) is 18.3 Å². The molecule has 0 aliphatic rings. The third-order valence-corrected chi connectivity index (χ3v) is 0.994. The van der Waals surface area contributed by atoms with Gasteiger partial charge in [0.2, 0.25) is 0 Å². The van der Waals surface area contributed by atoms with Crippen LogP contribution in [0.1, 0.15) is 13.8 Å². The average molecular weight is 165 g/mol. The second-order valence-electron chi connectivity index (χ2n) is 2.46. The zero-order valence-corrected chi connectivity index (χ0v) is 6.37. The minimum Gasteiger partial charge on any atom is -0.294 e. The van der Waals surface area contributed by atoms with E-state index in [1.807, 2.05) is 0 Å². The van der Waals surface area contributed by atoms with Crippen LogP contribution in [0.2, 0.25) is 0 Å². The molecule has 0 fully saturated rings. The van der Waals surface area contributed by atoms with Gasteiger partial charge in [-0.05, 0) is 13.8 Å². The van der Waals surface area contributed by atoms with E-state index in [1.54, 1.807) is 19.8 Å². The summed E-state index contributed by atoms with van der Waals surface area (Å²) in [4.78, 5) is 0. The summed E-state index contributed by atoms with van der Waals surface area (Å²) in [6, 6.07) is -2.10. The van der Waals surface area contributed by atoms with Crippen molar-refractivity contribution in [3.8, 4) is 12.3 Å². The summed E-state index contributed by atoms with van der Waals surface area (Å²) in [6.07, 6.45) is 0.327. The lowest BCUT2D eigenvalue weighted by molar-refractivity contribution is -0.143. The zero-order chi connectivity index (χ0) is 9.07. The Morgan fingerprint density at radius 1 is 1.36 bits per heavy atom. The number of halogens is 3. The number of rotatable bonds is 2. The van der Waals surface area contributed by atoms with Crippen LogP contribution in [0.5, 0.6) is 0 Å². The fraction of sp³-hybridized carbons (Fsp3) is 0.714. The number of nitrogens with one attached hydrogen (secondary N) is 1. The summed E-state index contributed by atoms with van der Waals surface area (Å²) < 4.78 is 35.6. The molecule has 0 aromatic carbocycles. The van der Waals surface area contributed by atoms with Gasteiger partial charge in [-0.3, -0.25) is 5.32 Å². The van der Waals surface area contributed by atoms with Gasteiger partial charge in [-0.15, -0.1) is 6.42 Å². The van der Waals surface area contributed by atoms with Crippen molar-refractivity contribution < 1.29 is 13.2 Å². The summed E-state index contributed by atoms with van der Waals surface area (Å²) in [5, 5.41) is 2.21. The maximum absolute atomic E-state index is 11.9. The molecule has 11 heavy (non-hydrogen) atoms. The van der Waals surface area contributed by atoms with Crippen LogP contribution in [0.25, 0.3) is 0 Å². The van der Waals surface area contributed by atoms with E-state index in [9.17, 15) is 13.2 Å². The summed E-state index contributed by atoms with van der Waals surface area (Å²) in [5.74, 6) is 1.64. The molecule has 0 aromatic heterocycles. The Kier molecular flexibility index (Phi) is 3.40. The van der Waals surface area contributed by atoms with Crippen LogP contribution >= 0.6 is 0 Å². The van der Waals surface area contributed by atoms with Gasteiger partial charge in [-0.25, -0.2) is 0 Å². The summed E-state index contributed by atoms with van der Waals surface area (Å²) in [5.41, 5.74) is 0. The van der Waals surface area contributed by atoms with E-state index < -0.39 is 12.2 Å². The van der Waals surface area contributed by atoms with Crippen molar-refractivity contribution in [3.63, 3.8) is 0 Å². The topological polar surface area (TPSA) is 12.0 Å². The molecule has 0 unspecified atom stereocenters. The van der Waals surface area contributed by atoms with Gasteiger partial charge in [0.25, 0.3) is 0 Å². The predicted octanol–water partition coefficient (Wildman–Crippen LogP) is 1.55. The highest BCUT2D eigenvalue weighted by atomic mass is 19.4. The Morgan fingerprint density at radius 2 is 1.82 bits per heavy atom. The molecule has 64 valence electrons. The van der Waals surface area contributed by atoms with E-state index in [4.69, 9.17) is 0 Å². The van der Waals surface area contributed by atoms with E-state index in [2.05, 4.69) is 11.7 Å². The molecular weight excluding hydrogens is 155 g/mol. The standard InChI is InChI=1S/C7H10F3N/c1-4-6(7(8,9)10)11-5(2)3/h1,5-6,11H,2-3H3/t6-/m0/s1. The van der Waals surface area contributed by atoms with Crippen LogP contribution in [-0.2, 0) is 0 Å². The third kappa shape index (κ3) is 3.89. The first-order chi connectivity index (χ1) is 4.88. The number of alkyl halides is 3. The molecule has 0 saturated carbocycles. The maximum Gasteiger partial charge on any atom is 0.415 e. The van der Waals surface area contributed by atoms with Gasteiger partial charge in [0.05, 0.1) is 0 Å². The fourth-order valence-corrected chi connectivity index (χ4v) is 0.570. The molecule has 0 saturated heterocycles. The lowest BCUT2D eigenvalue weighted by atomic mass is 10.2. The Balaban J connectivity index is 4.11. The van der Waals surface area contributed by atoms with Crippen molar-refractivity contribution in [1.82, 2.24) is 5.32 Å². The third-order valence-electron chi connectivity index (χ3n) is 0.994. The van der Waals surface area contributed by atoms with E-state index in [1.165, 1.54) is 0 Å². The molecule has 0 bridgehead atoms. The van der Waals surface area contributed by atoms with E-state index in [-0.39, 0.29) is 6.04 Å². The van der Waals surface area contributed by atoms with Crippen LogP contribution in [0.4, 0.5) is 13.2 Å². The minimum absolute atomic E-state index is 0.266. The monoisotopic (exact) mass is 165 g/mol. The van der Waals surface area contributed by atoms with Crippen molar-refractivity contribution in [2.75, 3.05) is 0 Å². The molecule has 0 aliphatic carbocycles. The van der Waals surface area contributed by atoms with Crippen molar-refractivity contribution in [2.45, 2.75) is 32.1 Å². The minimum atomic E-state index is -4.35. The molecule has 0 heterocycles. The van der Waals surface area contributed by atoms with Gasteiger partial charge >= 0.3 is 6.18 Å². The molecule has 1 nitrogen and oxygen atoms in total. The van der Waals surface area contributed by atoms with E-state index in [0.717, 1.165) is 0 Å². The quantitative estimate of drug-likeness (QED) is 0.612. The molecule has 1 N–H and O–H groups in total. The van der Waals surface area contributed by atoms with Crippen molar-refractivity contribution in [3.05, 3.63) is 0 Å². The summed E-state index contributed by atoms with van der Waals surface area (Å²) in [7, 11) is 0. The van der Waals surface area contributed by atoms with E-state index >= 15 is 0 Å². The molecule has 0 amide bonds. The van der Waals surface area contributed by atoms with Crippen LogP contribution in [0, 0.1) is 12.3 Å². The Labute approximate surface area is 64.0 Å². The Bertz CT molecular complexity index is 154. The van der Waals surface area contributed by atoms with Crippen molar-refractivity contribution in [1.29, 1.82) is 0 Å². The molecule has 0 spiro atoms. The number of hydrogen-bond acceptors (Lipinski definition) is 1. The first-order valence-electron chi connectivity index (χ1n) is 3.17. The molecule has 4 heteroatoms. The van der Waals surface area contributed by atoms with Gasteiger partial charge in [0, 0.05) is 6.04 Å². The van der Waals surface area contributed by atoms with Crippen molar-refractivity contribution in [2.24, 2.45) is 0 Å². The molecule has 1 atom stereocenters. The van der Waals surface area contributed by atoms with Crippen LogP contribution in [0.15, 0.2) is 0 Å². The smallest absolute Gasteiger partial charge is 0.294 e. The van der Waals surface area contributed by atoms with Gasteiger partial charge in [0.15, 0.2) is 6.04 Å². The lowest BCUT2D eigenvalue weighted by Crippen LogP contribution is -2.44. The van der Waals surface area contributed by atoms with Gasteiger partial charge < -0.3 is 0 Å². The highest BCUT2D eigenvalue weighted by molar-refractivity contribution is 5.03. The Hall–Kier alpha value is -0.690. The average Bonchev–Trinajstić information content (AvgIpc) is 1.79. The predicted molar refractivity (Wildman–Crippen MR) is 36.9 cm³/mol. The van der Waals surface area contributed by atoms with Crippen LogP contribution in [0.3, 0.4) is 0 Å². The molecule has 0 rings (SSSR count). The SMILES string of the molecule is C#C[C@H](NC(C)C)C(F)(F)F. The summed E-state index contributed by atoms with van der Waals surface area (Å²) >= 11 is 0. The Morgan fingerprint density at radius 3 is 1.91 bits per heavy atom. The van der Waals surface area contributed by atoms with Gasteiger partial charge in [-0.2, -0.15) is 13.2 Å². The summed E-state index contributed by atoms with van der Waals surface area (Å²) in [6.45, 7) is 3.21. The number of hydrogen-bond donors (Lipinski definition) is 1. The first kappa shape index (κ1) is 10.3. The van der Waals surface area contributed by atoms with Crippen molar-refractivity contribution >= 4 is 0 Å². The zero-order valence-electron chi connectivity index (χ0n) is 6.37.